The van der Waals surface area contributed by atoms with Crippen LogP contribution < -0.4 is 5.56 Å². The van der Waals surface area contributed by atoms with E-state index in [-0.39, 0.29) is 11.7 Å². The molecule has 4 rings (SSSR count). The first-order valence-electron chi connectivity index (χ1n) is 12.5. The van der Waals surface area contributed by atoms with E-state index in [1.165, 1.54) is 11.8 Å². The monoisotopic (exact) mass is 554 g/mol. The number of thioether (sulfide) groups is 1. The van der Waals surface area contributed by atoms with Crippen LogP contribution in [0, 0.1) is 0 Å². The van der Waals surface area contributed by atoms with Crippen molar-refractivity contribution in [3.05, 3.63) is 75.2 Å². The van der Waals surface area contributed by atoms with Crippen LogP contribution in [-0.4, -0.2) is 63.2 Å². The molecule has 1 fully saturated rings. The van der Waals surface area contributed by atoms with Crippen molar-refractivity contribution in [1.29, 1.82) is 0 Å². The Morgan fingerprint density at radius 1 is 1.11 bits per heavy atom. The zero-order chi connectivity index (χ0) is 27.4. The van der Waals surface area contributed by atoms with E-state index >= 15 is 0 Å². The Bertz CT molecular complexity index is 1420. The van der Waals surface area contributed by atoms with E-state index in [0.29, 0.717) is 59.5 Å². The fraction of sp³-hybridized carbons (Fsp3) is 0.393. The van der Waals surface area contributed by atoms with Gasteiger partial charge in [-0.3, -0.25) is 9.36 Å². The first kappa shape index (κ1) is 27.8. The first-order chi connectivity index (χ1) is 18.1. The fourth-order valence-corrected chi connectivity index (χ4v) is 5.77. The second kappa shape index (κ2) is 11.6. The summed E-state index contributed by atoms with van der Waals surface area (Å²) in [5, 5.41) is 0.959. The van der Waals surface area contributed by atoms with Gasteiger partial charge in [-0.1, -0.05) is 53.7 Å². The number of hydrogen-bond acceptors (Lipinski definition) is 7. The third kappa shape index (κ3) is 6.23. The van der Waals surface area contributed by atoms with Gasteiger partial charge in [0.25, 0.3) is 5.56 Å². The lowest BCUT2D eigenvalue weighted by Gasteiger charge is -2.38. The lowest BCUT2D eigenvalue weighted by Crippen LogP contribution is -2.50. The maximum Gasteiger partial charge on any atom is 0.410 e. The number of carbonyl (C=O) groups is 1. The third-order valence-electron chi connectivity index (χ3n) is 6.15. The largest absolute Gasteiger partial charge is 0.444 e. The van der Waals surface area contributed by atoms with E-state index in [2.05, 4.69) is 5.94 Å². The van der Waals surface area contributed by atoms with Gasteiger partial charge < -0.3 is 14.5 Å². The molecule has 1 unspecified atom stereocenters. The van der Waals surface area contributed by atoms with Gasteiger partial charge in [0, 0.05) is 37.7 Å². The second-order valence-electron chi connectivity index (χ2n) is 9.96. The highest BCUT2D eigenvalue weighted by atomic mass is 35.5. The van der Waals surface area contributed by atoms with Crippen LogP contribution in [0.1, 0.15) is 38.5 Å². The van der Waals surface area contributed by atoms with Crippen LogP contribution in [0.5, 0.6) is 0 Å². The summed E-state index contributed by atoms with van der Waals surface area (Å²) in [7, 11) is 0. The van der Waals surface area contributed by atoms with Crippen LogP contribution in [0.15, 0.2) is 64.2 Å². The van der Waals surface area contributed by atoms with Gasteiger partial charge in [-0.25, -0.2) is 14.6 Å². The molecule has 200 valence electrons. The van der Waals surface area contributed by atoms with Gasteiger partial charge in [-0.2, -0.15) is 0 Å². The molecule has 1 aromatic heterocycles. The predicted octanol–water partition coefficient (Wildman–Crippen LogP) is 5.17. The Morgan fingerprint density at radius 2 is 1.76 bits per heavy atom. The molecule has 38 heavy (non-hydrogen) atoms. The molecule has 2 heterocycles. The van der Waals surface area contributed by atoms with Crippen LogP contribution in [0.3, 0.4) is 0 Å². The minimum Gasteiger partial charge on any atom is -0.444 e. The van der Waals surface area contributed by atoms with Gasteiger partial charge in [0.2, 0.25) is 0 Å². The molecule has 0 aliphatic carbocycles. The molecule has 8 nitrogen and oxygen atoms in total. The van der Waals surface area contributed by atoms with Crippen LogP contribution in [-0.2, 0) is 16.1 Å². The SMILES string of the molecule is CCn1c(SC(C(=C=O)N2CCN(C(=O)OC(C)(C)C)CC2)c2ccccc2)nc2ccc(Cl)cc2c1=O. The number of nitrogens with zero attached hydrogens (tertiary/aromatic N) is 4. The Balaban J connectivity index is 1.66. The van der Waals surface area contributed by atoms with Crippen molar-refractivity contribution in [2.45, 2.75) is 50.2 Å². The Hall–Kier alpha value is -3.26. The minimum atomic E-state index is -0.579. The maximum absolute atomic E-state index is 13.3. The summed E-state index contributed by atoms with van der Waals surface area (Å²) < 4.78 is 7.10. The summed E-state index contributed by atoms with van der Waals surface area (Å²) >= 11 is 7.47. The van der Waals surface area contributed by atoms with Crippen molar-refractivity contribution in [2.75, 3.05) is 26.2 Å². The van der Waals surface area contributed by atoms with Gasteiger partial charge in [0.15, 0.2) is 5.16 Å². The highest BCUT2D eigenvalue weighted by molar-refractivity contribution is 7.99. The lowest BCUT2D eigenvalue weighted by molar-refractivity contribution is 0.0168. The number of benzene rings is 2. The van der Waals surface area contributed by atoms with E-state index < -0.39 is 10.9 Å². The van der Waals surface area contributed by atoms with Crippen molar-refractivity contribution in [2.24, 2.45) is 0 Å². The summed E-state index contributed by atoms with van der Waals surface area (Å²) in [5.74, 6) is 2.17. The lowest BCUT2D eigenvalue weighted by atomic mass is 10.1. The molecule has 1 atom stereocenters. The van der Waals surface area contributed by atoms with Gasteiger partial charge in [0.05, 0.1) is 16.2 Å². The molecule has 1 saturated heterocycles. The number of fused-ring (bicyclic) bond motifs is 1. The highest BCUT2D eigenvalue weighted by Crippen LogP contribution is 2.40. The van der Waals surface area contributed by atoms with Crippen molar-refractivity contribution in [1.82, 2.24) is 19.4 Å². The average Bonchev–Trinajstić information content (AvgIpc) is 2.89. The zero-order valence-corrected chi connectivity index (χ0v) is 23.5. The smallest absolute Gasteiger partial charge is 0.410 e. The highest BCUT2D eigenvalue weighted by Gasteiger charge is 2.31. The number of hydrogen-bond donors (Lipinski definition) is 0. The molecule has 0 bridgehead atoms. The number of carbonyl (C=O) groups excluding carboxylic acids is 2. The van der Waals surface area contributed by atoms with E-state index in [0.717, 1.165) is 5.56 Å². The first-order valence-corrected chi connectivity index (χ1v) is 13.8. The van der Waals surface area contributed by atoms with Crippen molar-refractivity contribution in [3.8, 4) is 0 Å². The van der Waals surface area contributed by atoms with Crippen LogP contribution >= 0.6 is 23.4 Å². The molecule has 1 aliphatic heterocycles. The van der Waals surface area contributed by atoms with Crippen molar-refractivity contribution in [3.63, 3.8) is 0 Å². The van der Waals surface area contributed by atoms with Gasteiger partial charge >= 0.3 is 6.09 Å². The van der Waals surface area contributed by atoms with E-state index in [4.69, 9.17) is 21.3 Å². The van der Waals surface area contributed by atoms with Gasteiger partial charge in [0.1, 0.15) is 17.2 Å². The minimum absolute atomic E-state index is 0.183. The molecule has 2 aromatic carbocycles. The number of rotatable bonds is 6. The molecule has 0 N–H and O–H groups in total. The Labute approximate surface area is 231 Å². The Kier molecular flexibility index (Phi) is 8.51. The van der Waals surface area contributed by atoms with E-state index in [1.54, 1.807) is 27.7 Å². The molecule has 1 aliphatic rings. The van der Waals surface area contributed by atoms with Gasteiger partial charge in [-0.15, -0.1) is 0 Å². The molecular formula is C28H31ClN4O4S. The molecule has 3 aromatic rings. The second-order valence-corrected chi connectivity index (χ2v) is 11.5. The van der Waals surface area contributed by atoms with Gasteiger partial charge in [-0.05, 0) is 51.5 Å². The van der Waals surface area contributed by atoms with Crippen LogP contribution in [0.2, 0.25) is 5.02 Å². The van der Waals surface area contributed by atoms with Crippen molar-refractivity contribution >= 4 is 46.3 Å². The summed E-state index contributed by atoms with van der Waals surface area (Å²) in [6, 6.07) is 14.7. The van der Waals surface area contributed by atoms with E-state index in [1.807, 2.05) is 62.9 Å². The van der Waals surface area contributed by atoms with Crippen LogP contribution in [0.4, 0.5) is 4.79 Å². The molecule has 0 radical (unpaired) electrons. The molecule has 1 amide bonds. The molecular weight excluding hydrogens is 524 g/mol. The average molecular weight is 555 g/mol. The molecule has 0 saturated carbocycles. The zero-order valence-electron chi connectivity index (χ0n) is 21.9. The summed E-state index contributed by atoms with van der Waals surface area (Å²) in [6.07, 6.45) is -0.366. The topological polar surface area (TPSA) is 84.7 Å². The standard InChI is InChI=1S/C28H31ClN4O4S/c1-5-33-25(35)21-17-20(29)11-12-22(21)30-26(33)38-24(19-9-7-6-8-10-19)23(18-34)31-13-15-32(16-14-31)27(36)37-28(2,3)4/h6-12,17,24H,5,13-16H2,1-4H3. The number of piperazine rings is 1. The number of ether oxygens (including phenoxy) is 1. The number of aromatic nitrogens is 2. The third-order valence-corrected chi connectivity index (χ3v) is 7.64. The van der Waals surface area contributed by atoms with Crippen LogP contribution in [0.25, 0.3) is 10.9 Å². The predicted molar refractivity (Wildman–Crippen MR) is 150 cm³/mol. The summed E-state index contributed by atoms with van der Waals surface area (Å²) in [6.45, 7) is 9.54. The Morgan fingerprint density at radius 3 is 2.37 bits per heavy atom. The molecule has 10 heteroatoms. The summed E-state index contributed by atoms with van der Waals surface area (Å²) in [4.78, 5) is 46.7. The number of halogens is 1. The van der Waals surface area contributed by atoms with Crippen molar-refractivity contribution < 1.29 is 14.3 Å². The molecule has 0 spiro atoms. The quantitative estimate of drug-likeness (QED) is 0.236. The number of amides is 1. The normalized spacial score (nSPS) is 14.8. The van der Waals surface area contributed by atoms with E-state index in [9.17, 15) is 14.4 Å². The fourth-order valence-electron chi connectivity index (χ4n) is 4.30. The summed E-state index contributed by atoms with van der Waals surface area (Å²) in [5.41, 5.74) is 1.11. The maximum atomic E-state index is 13.3.